The summed E-state index contributed by atoms with van der Waals surface area (Å²) in [4.78, 5) is 0. The standard InChI is InChI=1S/C20H21BrFNO3S/c1-4-20(5-2)19(21)18(13-6-8-14(22)9-7-13)16-11-10-15(12-17(16)26-20)23-27(3,24)25/h6-12,23H,4-5H2,1-3H3. The molecule has 0 radical (unpaired) electrons. The maximum absolute atomic E-state index is 13.4. The lowest BCUT2D eigenvalue weighted by Crippen LogP contribution is -2.38. The van der Waals surface area contributed by atoms with Crippen molar-refractivity contribution in [3.05, 3.63) is 63.9 Å². The summed E-state index contributed by atoms with van der Waals surface area (Å²) in [6.45, 7) is 4.08. The lowest BCUT2D eigenvalue weighted by Gasteiger charge is -2.39. The third-order valence-electron chi connectivity index (χ3n) is 4.75. The summed E-state index contributed by atoms with van der Waals surface area (Å²) >= 11 is 3.74. The van der Waals surface area contributed by atoms with Gasteiger partial charge in [-0.15, -0.1) is 0 Å². The summed E-state index contributed by atoms with van der Waals surface area (Å²) in [6, 6.07) is 11.5. The number of fused-ring (bicyclic) bond motifs is 1. The zero-order valence-electron chi connectivity index (χ0n) is 15.3. The average molecular weight is 454 g/mol. The molecule has 1 aliphatic rings. The normalized spacial score (nSPS) is 15.9. The molecule has 27 heavy (non-hydrogen) atoms. The average Bonchev–Trinajstić information content (AvgIpc) is 2.61. The summed E-state index contributed by atoms with van der Waals surface area (Å²) < 4.78 is 46.3. The van der Waals surface area contributed by atoms with Crippen molar-refractivity contribution in [3.63, 3.8) is 0 Å². The van der Waals surface area contributed by atoms with Gasteiger partial charge in [-0.05, 0) is 42.7 Å². The SMILES string of the molecule is CCC1(CC)Oc2cc(NS(C)(=O)=O)ccc2C(c2ccc(F)cc2)=C1Br. The molecule has 0 amide bonds. The number of hydrogen-bond donors (Lipinski definition) is 1. The van der Waals surface area contributed by atoms with Crippen LogP contribution < -0.4 is 9.46 Å². The monoisotopic (exact) mass is 453 g/mol. The molecule has 144 valence electrons. The molecule has 1 heterocycles. The zero-order valence-corrected chi connectivity index (χ0v) is 17.7. The van der Waals surface area contributed by atoms with Gasteiger partial charge in [0.25, 0.3) is 0 Å². The number of anilines is 1. The van der Waals surface area contributed by atoms with Gasteiger partial charge in [-0.3, -0.25) is 4.72 Å². The molecule has 1 aliphatic heterocycles. The van der Waals surface area contributed by atoms with Crippen molar-refractivity contribution in [3.8, 4) is 5.75 Å². The number of rotatable bonds is 5. The van der Waals surface area contributed by atoms with Crippen LogP contribution in [-0.2, 0) is 10.0 Å². The predicted molar refractivity (Wildman–Crippen MR) is 110 cm³/mol. The van der Waals surface area contributed by atoms with Gasteiger partial charge >= 0.3 is 0 Å². The smallest absolute Gasteiger partial charge is 0.229 e. The first-order chi connectivity index (χ1) is 12.7. The van der Waals surface area contributed by atoms with Crippen LogP contribution in [0.3, 0.4) is 0 Å². The van der Waals surface area contributed by atoms with Crippen molar-refractivity contribution in [2.24, 2.45) is 0 Å². The highest BCUT2D eigenvalue weighted by atomic mass is 79.9. The van der Waals surface area contributed by atoms with Crippen molar-refractivity contribution < 1.29 is 17.5 Å². The Labute approximate surface area is 167 Å². The minimum Gasteiger partial charge on any atom is -0.481 e. The molecule has 0 aromatic heterocycles. The Kier molecular flexibility index (Phi) is 5.36. The number of halogens is 2. The van der Waals surface area contributed by atoms with Crippen LogP contribution in [0.4, 0.5) is 10.1 Å². The van der Waals surface area contributed by atoms with Crippen LogP contribution in [0.1, 0.15) is 37.8 Å². The molecule has 0 aliphatic carbocycles. The van der Waals surface area contributed by atoms with E-state index in [2.05, 4.69) is 20.7 Å². The Morgan fingerprint density at radius 2 is 1.74 bits per heavy atom. The number of hydrogen-bond acceptors (Lipinski definition) is 3. The zero-order chi connectivity index (χ0) is 19.8. The van der Waals surface area contributed by atoms with Crippen molar-refractivity contribution >= 4 is 37.2 Å². The van der Waals surface area contributed by atoms with Crippen LogP contribution in [0, 0.1) is 5.82 Å². The van der Waals surface area contributed by atoms with Crippen molar-refractivity contribution in [1.82, 2.24) is 0 Å². The molecule has 0 spiro atoms. The van der Waals surface area contributed by atoms with Gasteiger partial charge in [-0.25, -0.2) is 12.8 Å². The fourth-order valence-corrected chi connectivity index (χ4v) is 4.94. The van der Waals surface area contributed by atoms with Crippen molar-refractivity contribution in [2.45, 2.75) is 32.3 Å². The second-order valence-corrected chi connectivity index (χ2v) is 9.13. The second kappa shape index (κ2) is 7.28. The maximum atomic E-state index is 13.4. The van der Waals surface area contributed by atoms with Gasteiger partial charge in [-0.1, -0.05) is 41.9 Å². The van der Waals surface area contributed by atoms with Gasteiger partial charge in [0, 0.05) is 21.7 Å². The van der Waals surface area contributed by atoms with Gasteiger partial charge in [-0.2, -0.15) is 0 Å². The molecular formula is C20H21BrFNO3S. The molecule has 7 heteroatoms. The molecule has 2 aromatic rings. The van der Waals surface area contributed by atoms with Gasteiger partial charge in [0.15, 0.2) is 0 Å². The summed E-state index contributed by atoms with van der Waals surface area (Å²) in [5.41, 5.74) is 2.48. The van der Waals surface area contributed by atoms with Crippen LogP contribution in [0.25, 0.3) is 5.57 Å². The molecule has 2 aromatic carbocycles. The van der Waals surface area contributed by atoms with E-state index < -0.39 is 15.6 Å². The topological polar surface area (TPSA) is 55.4 Å². The molecule has 0 fully saturated rings. The molecule has 4 nitrogen and oxygen atoms in total. The van der Waals surface area contributed by atoms with Crippen LogP contribution in [-0.4, -0.2) is 20.3 Å². The van der Waals surface area contributed by atoms with E-state index in [9.17, 15) is 12.8 Å². The Morgan fingerprint density at radius 1 is 1.11 bits per heavy atom. The highest BCUT2D eigenvalue weighted by Crippen LogP contribution is 2.49. The minimum atomic E-state index is -3.39. The van der Waals surface area contributed by atoms with E-state index in [1.54, 1.807) is 24.3 Å². The lowest BCUT2D eigenvalue weighted by atomic mass is 9.85. The highest BCUT2D eigenvalue weighted by Gasteiger charge is 2.39. The summed E-state index contributed by atoms with van der Waals surface area (Å²) in [5.74, 6) is 0.294. The molecule has 1 N–H and O–H groups in total. The number of sulfonamides is 1. The molecular weight excluding hydrogens is 433 g/mol. The fraction of sp³-hybridized carbons (Fsp3) is 0.300. The molecule has 0 saturated carbocycles. The fourth-order valence-electron chi connectivity index (χ4n) is 3.30. The van der Waals surface area contributed by atoms with Crippen molar-refractivity contribution in [2.75, 3.05) is 11.0 Å². The van der Waals surface area contributed by atoms with E-state index in [4.69, 9.17) is 4.74 Å². The van der Waals surface area contributed by atoms with E-state index in [-0.39, 0.29) is 5.82 Å². The van der Waals surface area contributed by atoms with E-state index in [0.717, 1.165) is 40.3 Å². The first kappa shape index (κ1) is 19.9. The van der Waals surface area contributed by atoms with Gasteiger partial charge < -0.3 is 4.74 Å². The van der Waals surface area contributed by atoms with E-state index in [0.29, 0.717) is 11.4 Å². The molecule has 3 rings (SSSR count). The quantitative estimate of drug-likeness (QED) is 0.667. The number of benzene rings is 2. The molecule has 0 unspecified atom stereocenters. The van der Waals surface area contributed by atoms with E-state index >= 15 is 0 Å². The summed E-state index contributed by atoms with van der Waals surface area (Å²) in [6.07, 6.45) is 2.55. The number of ether oxygens (including phenoxy) is 1. The van der Waals surface area contributed by atoms with Crippen LogP contribution in [0.15, 0.2) is 46.9 Å². The summed E-state index contributed by atoms with van der Waals surface area (Å²) in [5, 5.41) is 0. The van der Waals surface area contributed by atoms with Crippen molar-refractivity contribution in [1.29, 1.82) is 0 Å². The third kappa shape index (κ3) is 3.89. The van der Waals surface area contributed by atoms with Crippen LogP contribution in [0.2, 0.25) is 0 Å². The van der Waals surface area contributed by atoms with Crippen LogP contribution in [0.5, 0.6) is 5.75 Å². The summed E-state index contributed by atoms with van der Waals surface area (Å²) in [7, 11) is -3.39. The Hall–Kier alpha value is -1.86. The first-order valence-corrected chi connectivity index (χ1v) is 11.3. The Morgan fingerprint density at radius 3 is 2.30 bits per heavy atom. The third-order valence-corrected chi connectivity index (χ3v) is 6.48. The van der Waals surface area contributed by atoms with Gasteiger partial charge in [0.1, 0.15) is 17.2 Å². The first-order valence-electron chi connectivity index (χ1n) is 8.66. The molecule has 0 atom stereocenters. The Balaban J connectivity index is 2.22. The van der Waals surface area contributed by atoms with Crippen LogP contribution >= 0.6 is 15.9 Å². The molecule has 0 bridgehead atoms. The highest BCUT2D eigenvalue weighted by molar-refractivity contribution is 9.12. The van der Waals surface area contributed by atoms with Gasteiger partial charge in [0.2, 0.25) is 10.0 Å². The molecule has 0 saturated heterocycles. The van der Waals surface area contributed by atoms with Gasteiger partial charge in [0.05, 0.1) is 11.9 Å². The Bertz CT molecular complexity index is 996. The maximum Gasteiger partial charge on any atom is 0.229 e. The second-order valence-electron chi connectivity index (χ2n) is 6.58. The minimum absolute atomic E-state index is 0.298. The van der Waals surface area contributed by atoms with E-state index in [1.165, 1.54) is 12.1 Å². The largest absolute Gasteiger partial charge is 0.481 e. The number of nitrogens with one attached hydrogen (secondary N) is 1. The predicted octanol–water partition coefficient (Wildman–Crippen LogP) is 5.30. The lowest BCUT2D eigenvalue weighted by molar-refractivity contribution is 0.105. The van der Waals surface area contributed by atoms with E-state index in [1.807, 2.05) is 19.9 Å².